The molecular formula is C18H21Cl2N. The highest BCUT2D eigenvalue weighted by Gasteiger charge is 2.10. The average Bonchev–Trinajstić information content (AvgIpc) is 2.49. The Kier molecular flexibility index (Phi) is 5.96. The molecule has 2 rings (SSSR count). The van der Waals surface area contributed by atoms with Gasteiger partial charge in [0.2, 0.25) is 0 Å². The molecule has 1 nitrogen and oxygen atoms in total. The van der Waals surface area contributed by atoms with E-state index in [1.807, 2.05) is 18.2 Å². The summed E-state index contributed by atoms with van der Waals surface area (Å²) in [4.78, 5) is 0. The van der Waals surface area contributed by atoms with Gasteiger partial charge < -0.3 is 5.32 Å². The van der Waals surface area contributed by atoms with Crippen LogP contribution < -0.4 is 5.32 Å². The molecule has 0 fully saturated rings. The van der Waals surface area contributed by atoms with Crippen LogP contribution in [0.4, 0.5) is 5.69 Å². The molecular weight excluding hydrogens is 301 g/mol. The molecule has 0 amide bonds. The Hall–Kier alpha value is -1.18. The Bertz CT molecular complexity index is 578. The van der Waals surface area contributed by atoms with Gasteiger partial charge in [-0.1, -0.05) is 48.7 Å². The smallest absolute Gasteiger partial charge is 0.0500 e. The van der Waals surface area contributed by atoms with Crippen molar-refractivity contribution in [2.45, 2.75) is 39.2 Å². The number of nitrogens with one attached hydrogen (secondary N) is 1. The Morgan fingerprint density at radius 3 is 2.43 bits per heavy atom. The van der Waals surface area contributed by atoms with Crippen molar-refractivity contribution < 1.29 is 0 Å². The maximum Gasteiger partial charge on any atom is 0.0500 e. The van der Waals surface area contributed by atoms with Crippen LogP contribution in [-0.4, -0.2) is 0 Å². The summed E-state index contributed by atoms with van der Waals surface area (Å²) in [6.45, 7) is 4.30. The highest BCUT2D eigenvalue weighted by Crippen LogP contribution is 2.28. The molecule has 3 heteroatoms. The van der Waals surface area contributed by atoms with E-state index in [1.165, 1.54) is 18.4 Å². The first-order valence-corrected chi connectivity index (χ1v) is 8.16. The predicted molar refractivity (Wildman–Crippen MR) is 93.6 cm³/mol. The summed E-state index contributed by atoms with van der Waals surface area (Å²) in [7, 11) is 0. The molecule has 1 unspecified atom stereocenters. The fourth-order valence-electron chi connectivity index (χ4n) is 2.32. The van der Waals surface area contributed by atoms with Crippen LogP contribution in [0.1, 0.15) is 43.9 Å². The lowest BCUT2D eigenvalue weighted by Gasteiger charge is -2.17. The van der Waals surface area contributed by atoms with Gasteiger partial charge in [0.1, 0.15) is 0 Å². The van der Waals surface area contributed by atoms with Crippen molar-refractivity contribution in [1.82, 2.24) is 0 Å². The minimum atomic E-state index is 0.109. The molecule has 0 radical (unpaired) electrons. The van der Waals surface area contributed by atoms with Crippen LogP contribution in [-0.2, 0) is 6.42 Å². The van der Waals surface area contributed by atoms with Gasteiger partial charge in [0.15, 0.2) is 0 Å². The van der Waals surface area contributed by atoms with Crippen LogP contribution in [0.3, 0.4) is 0 Å². The summed E-state index contributed by atoms with van der Waals surface area (Å²) in [6, 6.07) is 14.3. The lowest BCUT2D eigenvalue weighted by atomic mass is 10.1. The molecule has 1 N–H and O–H groups in total. The Balaban J connectivity index is 2.05. The van der Waals surface area contributed by atoms with Crippen molar-refractivity contribution in [3.63, 3.8) is 0 Å². The summed E-state index contributed by atoms with van der Waals surface area (Å²) in [5.41, 5.74) is 3.49. The standard InChI is InChI=1S/C18H21Cl2N/c1-3-4-5-14-6-9-16(10-7-14)21-13(2)17-12-15(19)8-11-18(17)20/h6-13,21H,3-5H2,1-2H3. The second-order valence-corrected chi connectivity index (χ2v) is 6.18. The quantitative estimate of drug-likeness (QED) is 0.639. The fourth-order valence-corrected chi connectivity index (χ4v) is 2.78. The lowest BCUT2D eigenvalue weighted by Crippen LogP contribution is -2.07. The van der Waals surface area contributed by atoms with Crippen molar-refractivity contribution in [2.24, 2.45) is 0 Å². The molecule has 0 bridgehead atoms. The number of rotatable bonds is 6. The van der Waals surface area contributed by atoms with Crippen LogP contribution in [0.5, 0.6) is 0 Å². The molecule has 2 aromatic carbocycles. The number of aryl methyl sites for hydroxylation is 1. The van der Waals surface area contributed by atoms with Gasteiger partial charge >= 0.3 is 0 Å². The van der Waals surface area contributed by atoms with Gasteiger partial charge in [0.05, 0.1) is 6.04 Å². The second kappa shape index (κ2) is 7.72. The molecule has 0 saturated carbocycles. The molecule has 0 spiro atoms. The largest absolute Gasteiger partial charge is 0.378 e. The van der Waals surface area contributed by atoms with Crippen molar-refractivity contribution in [3.8, 4) is 0 Å². The monoisotopic (exact) mass is 321 g/mol. The van der Waals surface area contributed by atoms with Gasteiger partial charge in [-0.05, 0) is 61.2 Å². The zero-order valence-corrected chi connectivity index (χ0v) is 14.0. The summed E-state index contributed by atoms with van der Waals surface area (Å²) >= 11 is 12.3. The van der Waals surface area contributed by atoms with E-state index in [1.54, 1.807) is 0 Å². The SMILES string of the molecule is CCCCc1ccc(NC(C)c2cc(Cl)ccc2Cl)cc1. The van der Waals surface area contributed by atoms with Gasteiger partial charge in [0, 0.05) is 15.7 Å². The molecule has 112 valence electrons. The molecule has 0 aromatic heterocycles. The number of anilines is 1. The van der Waals surface area contributed by atoms with E-state index in [0.717, 1.165) is 22.7 Å². The Labute approximate surface area is 137 Å². The number of benzene rings is 2. The van der Waals surface area contributed by atoms with Gasteiger partial charge in [0.25, 0.3) is 0 Å². The van der Waals surface area contributed by atoms with Crippen LogP contribution in [0.15, 0.2) is 42.5 Å². The zero-order chi connectivity index (χ0) is 15.2. The summed E-state index contributed by atoms with van der Waals surface area (Å²) in [6.07, 6.45) is 3.61. The summed E-state index contributed by atoms with van der Waals surface area (Å²) in [5, 5.41) is 4.91. The van der Waals surface area contributed by atoms with E-state index in [2.05, 4.69) is 43.4 Å². The third kappa shape index (κ3) is 4.66. The van der Waals surface area contributed by atoms with Gasteiger partial charge in [-0.25, -0.2) is 0 Å². The minimum absolute atomic E-state index is 0.109. The average molecular weight is 322 g/mol. The maximum atomic E-state index is 6.24. The molecule has 21 heavy (non-hydrogen) atoms. The van der Waals surface area contributed by atoms with Crippen LogP contribution >= 0.6 is 23.2 Å². The number of halogens is 2. The van der Waals surface area contributed by atoms with Gasteiger partial charge in [-0.15, -0.1) is 0 Å². The highest BCUT2D eigenvalue weighted by molar-refractivity contribution is 6.33. The first-order chi connectivity index (χ1) is 10.1. The number of hydrogen-bond acceptors (Lipinski definition) is 1. The van der Waals surface area contributed by atoms with E-state index in [0.29, 0.717) is 5.02 Å². The molecule has 0 heterocycles. The van der Waals surface area contributed by atoms with Crippen molar-refractivity contribution in [2.75, 3.05) is 5.32 Å². The topological polar surface area (TPSA) is 12.0 Å². The van der Waals surface area contributed by atoms with E-state index in [9.17, 15) is 0 Å². The molecule has 2 aromatic rings. The van der Waals surface area contributed by atoms with E-state index in [4.69, 9.17) is 23.2 Å². The van der Waals surface area contributed by atoms with Crippen LogP contribution in [0.25, 0.3) is 0 Å². The van der Waals surface area contributed by atoms with Gasteiger partial charge in [-0.2, -0.15) is 0 Å². The molecule has 1 atom stereocenters. The normalized spacial score (nSPS) is 12.2. The first-order valence-electron chi connectivity index (χ1n) is 7.40. The molecule has 0 saturated heterocycles. The maximum absolute atomic E-state index is 6.24. The third-order valence-electron chi connectivity index (χ3n) is 3.58. The van der Waals surface area contributed by atoms with Crippen molar-refractivity contribution >= 4 is 28.9 Å². The van der Waals surface area contributed by atoms with Crippen molar-refractivity contribution in [3.05, 3.63) is 63.6 Å². The van der Waals surface area contributed by atoms with E-state index >= 15 is 0 Å². The summed E-state index contributed by atoms with van der Waals surface area (Å²) < 4.78 is 0. The molecule has 0 aliphatic carbocycles. The fraction of sp³-hybridized carbons (Fsp3) is 0.333. The zero-order valence-electron chi connectivity index (χ0n) is 12.5. The Morgan fingerprint density at radius 1 is 1.05 bits per heavy atom. The second-order valence-electron chi connectivity index (χ2n) is 5.33. The molecule has 0 aliphatic heterocycles. The Morgan fingerprint density at radius 2 is 1.76 bits per heavy atom. The molecule has 0 aliphatic rings. The third-order valence-corrected chi connectivity index (χ3v) is 4.16. The summed E-state index contributed by atoms with van der Waals surface area (Å²) in [5.74, 6) is 0. The van der Waals surface area contributed by atoms with E-state index in [-0.39, 0.29) is 6.04 Å². The van der Waals surface area contributed by atoms with Crippen LogP contribution in [0, 0.1) is 0 Å². The van der Waals surface area contributed by atoms with Crippen LogP contribution in [0.2, 0.25) is 10.0 Å². The number of hydrogen-bond donors (Lipinski definition) is 1. The number of unbranched alkanes of at least 4 members (excludes halogenated alkanes) is 1. The van der Waals surface area contributed by atoms with E-state index < -0.39 is 0 Å². The highest BCUT2D eigenvalue weighted by atomic mass is 35.5. The first kappa shape index (κ1) is 16.2. The van der Waals surface area contributed by atoms with Gasteiger partial charge in [-0.3, -0.25) is 0 Å². The van der Waals surface area contributed by atoms with Crippen molar-refractivity contribution in [1.29, 1.82) is 0 Å². The minimum Gasteiger partial charge on any atom is -0.378 e. The predicted octanol–water partition coefficient (Wildman–Crippen LogP) is 6.51. The lowest BCUT2D eigenvalue weighted by molar-refractivity contribution is 0.795.